The maximum Gasteiger partial charge on any atom is 0.222 e. The molecule has 3 rings (SSSR count). The average Bonchev–Trinajstić information content (AvgIpc) is 2.74. The molecular formula is C25H33N3O2. The highest BCUT2D eigenvalue weighted by Crippen LogP contribution is 2.21. The Labute approximate surface area is 179 Å². The molecule has 1 aliphatic heterocycles. The summed E-state index contributed by atoms with van der Waals surface area (Å²) in [6.07, 6.45) is 4.04. The predicted octanol–water partition coefficient (Wildman–Crippen LogP) is 3.94. The van der Waals surface area contributed by atoms with Crippen molar-refractivity contribution in [2.24, 2.45) is 0 Å². The standard InChI is InChI=1S/C25H33N3O2/c1-19-10-8-9-15-28(19)18-23-14-7-6-13-22(23)17-26-25(30)16-24(27-20(2)29)21-11-4-3-5-12-21/h3-7,11-14,19,24H,8-10,15-18H2,1-2H3,(H,26,30)(H,27,29). The number of hydrogen-bond acceptors (Lipinski definition) is 3. The average molecular weight is 408 g/mol. The zero-order chi connectivity index (χ0) is 21.3. The molecule has 1 saturated heterocycles. The first-order chi connectivity index (χ1) is 14.5. The molecule has 0 aliphatic carbocycles. The third-order valence-electron chi connectivity index (χ3n) is 5.88. The maximum atomic E-state index is 12.7. The van der Waals surface area contributed by atoms with Crippen molar-refractivity contribution in [3.05, 3.63) is 71.3 Å². The molecule has 2 atom stereocenters. The maximum absolute atomic E-state index is 12.7. The van der Waals surface area contributed by atoms with E-state index in [1.807, 2.05) is 36.4 Å². The Morgan fingerprint density at radius 1 is 1.03 bits per heavy atom. The second-order valence-corrected chi connectivity index (χ2v) is 8.23. The van der Waals surface area contributed by atoms with Gasteiger partial charge in [-0.3, -0.25) is 14.5 Å². The normalized spacial score (nSPS) is 17.9. The van der Waals surface area contributed by atoms with Gasteiger partial charge in [-0.1, -0.05) is 61.0 Å². The second kappa shape index (κ2) is 10.9. The van der Waals surface area contributed by atoms with Crippen LogP contribution in [0.25, 0.3) is 0 Å². The molecular weight excluding hydrogens is 374 g/mol. The van der Waals surface area contributed by atoms with Crippen molar-refractivity contribution in [1.29, 1.82) is 0 Å². The molecule has 5 heteroatoms. The summed E-state index contributed by atoms with van der Waals surface area (Å²) in [5.41, 5.74) is 3.36. The van der Waals surface area contributed by atoms with Crippen LogP contribution in [-0.2, 0) is 22.7 Å². The highest BCUT2D eigenvalue weighted by atomic mass is 16.2. The van der Waals surface area contributed by atoms with Gasteiger partial charge in [-0.2, -0.15) is 0 Å². The lowest BCUT2D eigenvalue weighted by molar-refractivity contribution is -0.122. The molecule has 0 saturated carbocycles. The van der Waals surface area contributed by atoms with Crippen LogP contribution in [0, 0.1) is 0 Å². The first-order valence-corrected chi connectivity index (χ1v) is 10.9. The van der Waals surface area contributed by atoms with E-state index in [1.54, 1.807) is 0 Å². The molecule has 0 radical (unpaired) electrons. The smallest absolute Gasteiger partial charge is 0.222 e. The molecule has 0 spiro atoms. The van der Waals surface area contributed by atoms with E-state index in [9.17, 15) is 9.59 Å². The predicted molar refractivity (Wildman–Crippen MR) is 120 cm³/mol. The molecule has 2 N–H and O–H groups in total. The Morgan fingerprint density at radius 2 is 1.73 bits per heavy atom. The van der Waals surface area contributed by atoms with Gasteiger partial charge >= 0.3 is 0 Å². The van der Waals surface area contributed by atoms with E-state index in [4.69, 9.17) is 0 Å². The molecule has 2 aromatic rings. The number of benzene rings is 2. The summed E-state index contributed by atoms with van der Waals surface area (Å²) in [5.74, 6) is -0.212. The summed E-state index contributed by atoms with van der Waals surface area (Å²) in [6, 6.07) is 18.2. The van der Waals surface area contributed by atoms with Crippen molar-refractivity contribution in [3.8, 4) is 0 Å². The van der Waals surface area contributed by atoms with E-state index in [-0.39, 0.29) is 24.3 Å². The van der Waals surface area contributed by atoms with Gasteiger partial charge in [0.1, 0.15) is 0 Å². The van der Waals surface area contributed by atoms with Gasteiger partial charge in [0.05, 0.1) is 12.5 Å². The monoisotopic (exact) mass is 407 g/mol. The van der Waals surface area contributed by atoms with Crippen LogP contribution in [0.1, 0.15) is 62.3 Å². The van der Waals surface area contributed by atoms with Crippen LogP contribution < -0.4 is 10.6 Å². The first-order valence-electron chi connectivity index (χ1n) is 10.9. The zero-order valence-electron chi connectivity index (χ0n) is 18.1. The Balaban J connectivity index is 1.60. The van der Waals surface area contributed by atoms with Crippen molar-refractivity contribution >= 4 is 11.8 Å². The fraction of sp³-hybridized carbons (Fsp3) is 0.440. The minimum Gasteiger partial charge on any atom is -0.352 e. The number of carbonyl (C=O) groups is 2. The van der Waals surface area contributed by atoms with Gasteiger partial charge in [-0.05, 0) is 43.0 Å². The van der Waals surface area contributed by atoms with Gasteiger partial charge in [-0.15, -0.1) is 0 Å². The number of piperidine rings is 1. The Hall–Kier alpha value is -2.66. The quantitative estimate of drug-likeness (QED) is 0.697. The lowest BCUT2D eigenvalue weighted by Gasteiger charge is -2.33. The summed E-state index contributed by atoms with van der Waals surface area (Å²) < 4.78 is 0. The minimum atomic E-state index is -0.326. The number of carbonyl (C=O) groups excluding carboxylic acids is 2. The number of nitrogens with zero attached hydrogens (tertiary/aromatic N) is 1. The van der Waals surface area contributed by atoms with E-state index >= 15 is 0 Å². The summed E-state index contributed by atoms with van der Waals surface area (Å²) in [4.78, 5) is 26.8. The Kier molecular flexibility index (Phi) is 8.03. The number of rotatable bonds is 8. The van der Waals surface area contributed by atoms with E-state index in [0.29, 0.717) is 12.6 Å². The summed E-state index contributed by atoms with van der Waals surface area (Å²) in [7, 11) is 0. The lowest BCUT2D eigenvalue weighted by Crippen LogP contribution is -2.37. The minimum absolute atomic E-state index is 0.0706. The molecule has 0 aromatic heterocycles. The third-order valence-corrected chi connectivity index (χ3v) is 5.88. The van der Waals surface area contributed by atoms with Gasteiger partial charge in [0.25, 0.3) is 0 Å². The van der Waals surface area contributed by atoms with Crippen LogP contribution in [-0.4, -0.2) is 29.3 Å². The van der Waals surface area contributed by atoms with E-state index in [1.165, 1.54) is 31.7 Å². The molecule has 2 unspecified atom stereocenters. The number of nitrogens with one attached hydrogen (secondary N) is 2. The van der Waals surface area contributed by atoms with Crippen molar-refractivity contribution < 1.29 is 9.59 Å². The first kappa shape index (κ1) is 22.0. The van der Waals surface area contributed by atoms with Crippen LogP contribution in [0.4, 0.5) is 0 Å². The van der Waals surface area contributed by atoms with E-state index in [0.717, 1.165) is 24.2 Å². The van der Waals surface area contributed by atoms with Crippen LogP contribution in [0.15, 0.2) is 54.6 Å². The van der Waals surface area contributed by atoms with Crippen LogP contribution >= 0.6 is 0 Å². The molecule has 1 heterocycles. The topological polar surface area (TPSA) is 61.4 Å². The largest absolute Gasteiger partial charge is 0.352 e. The summed E-state index contributed by atoms with van der Waals surface area (Å²) in [6.45, 7) is 6.34. The molecule has 30 heavy (non-hydrogen) atoms. The molecule has 1 aliphatic rings. The van der Waals surface area contributed by atoms with Gasteiger partial charge in [0.15, 0.2) is 0 Å². The Morgan fingerprint density at radius 3 is 2.43 bits per heavy atom. The highest BCUT2D eigenvalue weighted by molar-refractivity contribution is 5.79. The molecule has 1 fully saturated rings. The summed E-state index contributed by atoms with van der Waals surface area (Å²) in [5, 5.41) is 5.94. The number of hydrogen-bond donors (Lipinski definition) is 2. The van der Waals surface area contributed by atoms with Crippen molar-refractivity contribution in [1.82, 2.24) is 15.5 Å². The molecule has 2 amide bonds. The van der Waals surface area contributed by atoms with Gasteiger partial charge in [0.2, 0.25) is 11.8 Å². The van der Waals surface area contributed by atoms with Crippen LogP contribution in [0.2, 0.25) is 0 Å². The fourth-order valence-corrected chi connectivity index (χ4v) is 4.13. The van der Waals surface area contributed by atoms with Crippen LogP contribution in [0.5, 0.6) is 0 Å². The van der Waals surface area contributed by atoms with Crippen molar-refractivity contribution in [2.75, 3.05) is 6.54 Å². The third kappa shape index (κ3) is 6.42. The molecule has 0 bridgehead atoms. The van der Waals surface area contributed by atoms with E-state index < -0.39 is 0 Å². The fourth-order valence-electron chi connectivity index (χ4n) is 4.13. The molecule has 2 aromatic carbocycles. The van der Waals surface area contributed by atoms with Crippen molar-refractivity contribution in [2.45, 2.75) is 64.7 Å². The second-order valence-electron chi connectivity index (χ2n) is 8.23. The number of likely N-dealkylation sites (tertiary alicyclic amines) is 1. The van der Waals surface area contributed by atoms with Crippen LogP contribution in [0.3, 0.4) is 0 Å². The van der Waals surface area contributed by atoms with Gasteiger partial charge in [0, 0.05) is 26.1 Å². The van der Waals surface area contributed by atoms with Gasteiger partial charge < -0.3 is 10.6 Å². The zero-order valence-corrected chi connectivity index (χ0v) is 18.1. The SMILES string of the molecule is CC(=O)NC(CC(=O)NCc1ccccc1CN1CCCCC1C)c1ccccc1. The van der Waals surface area contributed by atoms with Gasteiger partial charge in [-0.25, -0.2) is 0 Å². The van der Waals surface area contributed by atoms with E-state index in [2.05, 4.69) is 40.7 Å². The number of amides is 2. The summed E-state index contributed by atoms with van der Waals surface area (Å²) >= 11 is 0. The lowest BCUT2D eigenvalue weighted by atomic mass is 10.0. The Bertz CT molecular complexity index is 837. The molecule has 5 nitrogen and oxygen atoms in total. The molecule has 160 valence electrons. The van der Waals surface area contributed by atoms with Crippen molar-refractivity contribution in [3.63, 3.8) is 0 Å². The highest BCUT2D eigenvalue weighted by Gasteiger charge is 2.20.